The molecule has 0 atom stereocenters. The molecule has 2 aromatic carbocycles. The molecule has 13 heteroatoms. The monoisotopic (exact) mass is 618 g/mol. The molecule has 1 aliphatic carbocycles. The molecule has 0 aliphatic heterocycles. The number of carbonyl (C=O) groups is 1. The van der Waals surface area contributed by atoms with E-state index in [0.29, 0.717) is 60.2 Å². The Kier molecular flexibility index (Phi) is 10.1. The van der Waals surface area contributed by atoms with Crippen molar-refractivity contribution in [1.82, 2.24) is 24.7 Å². The zero-order valence-corrected chi connectivity index (χ0v) is 25.1. The second-order valence-corrected chi connectivity index (χ2v) is 12.5. The number of nitrogens with one attached hydrogen (secondary N) is 4. The molecule has 0 unspecified atom stereocenters. The summed E-state index contributed by atoms with van der Waals surface area (Å²) < 4.78 is 40.9. The summed E-state index contributed by atoms with van der Waals surface area (Å²) in [7, 11) is -3.67. The van der Waals surface area contributed by atoms with Gasteiger partial charge in [0.25, 0.3) is 5.91 Å². The van der Waals surface area contributed by atoms with Crippen LogP contribution >= 0.6 is 0 Å². The lowest BCUT2D eigenvalue weighted by Crippen LogP contribution is -2.32. The van der Waals surface area contributed by atoms with Crippen molar-refractivity contribution >= 4 is 39.3 Å². The van der Waals surface area contributed by atoms with E-state index in [1.807, 2.05) is 37.3 Å². The van der Waals surface area contributed by atoms with Crippen molar-refractivity contribution in [3.05, 3.63) is 90.1 Å². The number of nitrogens with zero attached hydrogens (tertiary/aromatic N) is 4. The van der Waals surface area contributed by atoms with Crippen LogP contribution < -0.4 is 20.7 Å². The highest BCUT2D eigenvalue weighted by Crippen LogP contribution is 2.29. The largest absolute Gasteiger partial charge is 0.354 e. The lowest BCUT2D eigenvalue weighted by molar-refractivity contribution is 0.102. The first kappa shape index (κ1) is 31.0. The maximum absolute atomic E-state index is 13.1. The summed E-state index contributed by atoms with van der Waals surface area (Å²) in [6, 6.07) is 17.4. The predicted octanol–water partition coefficient (Wildman–Crippen LogP) is 5.16. The number of anilines is 4. The van der Waals surface area contributed by atoms with Gasteiger partial charge in [-0.2, -0.15) is 15.0 Å². The van der Waals surface area contributed by atoms with Crippen molar-refractivity contribution in [2.24, 2.45) is 11.8 Å². The number of para-hydroxylation sites is 1. The van der Waals surface area contributed by atoms with Crippen molar-refractivity contribution in [2.45, 2.75) is 43.9 Å². The van der Waals surface area contributed by atoms with E-state index in [9.17, 15) is 17.6 Å². The second kappa shape index (κ2) is 14.3. The highest BCUT2D eigenvalue weighted by molar-refractivity contribution is 7.89. The lowest BCUT2D eigenvalue weighted by Gasteiger charge is -2.28. The molecule has 2 heterocycles. The molecule has 0 spiro atoms. The van der Waals surface area contributed by atoms with E-state index in [4.69, 9.17) is 0 Å². The van der Waals surface area contributed by atoms with E-state index < -0.39 is 15.8 Å². The molecule has 1 fully saturated rings. The molecule has 230 valence electrons. The summed E-state index contributed by atoms with van der Waals surface area (Å²) in [6.07, 6.45) is 5.80. The Morgan fingerprint density at radius 2 is 1.55 bits per heavy atom. The van der Waals surface area contributed by atoms with Crippen LogP contribution in [0.5, 0.6) is 0 Å². The summed E-state index contributed by atoms with van der Waals surface area (Å²) in [6.45, 7) is 3.01. The van der Waals surface area contributed by atoms with Gasteiger partial charge in [-0.1, -0.05) is 25.1 Å². The molecule has 4 N–H and O–H groups in total. The maximum atomic E-state index is 13.1. The van der Waals surface area contributed by atoms with E-state index in [1.165, 1.54) is 18.3 Å². The number of aromatic nitrogens is 4. The fraction of sp³-hybridized carbons (Fsp3) is 0.323. The number of halogens is 1. The average molecular weight is 619 g/mol. The van der Waals surface area contributed by atoms with Gasteiger partial charge in [0.2, 0.25) is 21.9 Å². The van der Waals surface area contributed by atoms with Crippen molar-refractivity contribution in [3.63, 3.8) is 0 Å². The number of pyridine rings is 1. The average Bonchev–Trinajstić information content (AvgIpc) is 3.04. The minimum absolute atomic E-state index is 0.0634. The summed E-state index contributed by atoms with van der Waals surface area (Å²) in [5.74, 6) is 1.85. The molecule has 5 rings (SSSR count). The molecule has 1 saturated carbocycles. The van der Waals surface area contributed by atoms with Crippen LogP contribution in [-0.4, -0.2) is 47.4 Å². The normalized spacial score (nSPS) is 16.7. The van der Waals surface area contributed by atoms with Crippen LogP contribution in [0.15, 0.2) is 77.8 Å². The summed E-state index contributed by atoms with van der Waals surface area (Å²) in [5, 5.41) is 9.28. The van der Waals surface area contributed by atoms with Crippen LogP contribution in [0, 0.1) is 17.7 Å². The Hall–Kier alpha value is -4.49. The van der Waals surface area contributed by atoms with Crippen LogP contribution in [0.25, 0.3) is 0 Å². The van der Waals surface area contributed by atoms with E-state index in [2.05, 4.69) is 40.6 Å². The number of benzene rings is 2. The molecule has 0 radical (unpaired) electrons. The number of hydrogen-bond donors (Lipinski definition) is 4. The van der Waals surface area contributed by atoms with Crippen molar-refractivity contribution in [3.8, 4) is 0 Å². The summed E-state index contributed by atoms with van der Waals surface area (Å²) >= 11 is 0. The van der Waals surface area contributed by atoms with Crippen LogP contribution in [0.1, 0.15) is 48.8 Å². The maximum Gasteiger partial charge on any atom is 0.257 e. The fourth-order valence-electron chi connectivity index (χ4n) is 4.95. The highest BCUT2D eigenvalue weighted by Gasteiger charge is 2.24. The zero-order valence-electron chi connectivity index (χ0n) is 24.3. The van der Waals surface area contributed by atoms with Crippen LogP contribution in [0.4, 0.5) is 27.8 Å². The summed E-state index contributed by atoms with van der Waals surface area (Å²) in [4.78, 5) is 30.4. The van der Waals surface area contributed by atoms with Crippen molar-refractivity contribution < 1.29 is 17.6 Å². The number of sulfonamides is 1. The quantitative estimate of drug-likeness (QED) is 0.169. The third-order valence-corrected chi connectivity index (χ3v) is 8.94. The van der Waals surface area contributed by atoms with Crippen molar-refractivity contribution in [2.75, 3.05) is 29.0 Å². The van der Waals surface area contributed by atoms with E-state index in [-0.39, 0.29) is 16.7 Å². The summed E-state index contributed by atoms with van der Waals surface area (Å²) in [5.41, 5.74) is 1.13. The first-order valence-corrected chi connectivity index (χ1v) is 16.1. The predicted molar refractivity (Wildman–Crippen MR) is 167 cm³/mol. The molecule has 1 amide bonds. The first-order valence-electron chi connectivity index (χ1n) is 14.6. The third kappa shape index (κ3) is 8.54. The molecular weight excluding hydrogens is 583 g/mol. The Labute approximate surface area is 256 Å². The van der Waals surface area contributed by atoms with E-state index >= 15 is 0 Å². The molecule has 11 nitrogen and oxygen atoms in total. The van der Waals surface area contributed by atoms with Gasteiger partial charge < -0.3 is 16.0 Å². The van der Waals surface area contributed by atoms with Gasteiger partial charge >= 0.3 is 0 Å². The Morgan fingerprint density at radius 3 is 2.20 bits per heavy atom. The smallest absolute Gasteiger partial charge is 0.257 e. The minimum Gasteiger partial charge on any atom is -0.354 e. The number of hydrogen-bond acceptors (Lipinski definition) is 9. The van der Waals surface area contributed by atoms with Gasteiger partial charge in [-0.25, -0.2) is 22.5 Å². The first-order chi connectivity index (χ1) is 21.3. The third-order valence-electron chi connectivity index (χ3n) is 7.50. The molecule has 44 heavy (non-hydrogen) atoms. The standard InChI is InChI=1S/C31H35FN8O3S/c1-2-27-37-30(34-18-21-8-10-22(11-9-21)19-35-44(42,43)26-15-13-24(32)14-16-26)40-31(38-27)39-28-17-12-23(20-33-28)29(41)36-25-6-4-3-5-7-25/h3-7,12-17,20-22,35H,2,8-11,18-19H2,1H3,(H,36,41)(H2,33,34,37,38,39,40). The van der Waals surface area contributed by atoms with E-state index in [1.54, 1.807) is 12.1 Å². The Bertz CT molecular complexity index is 1650. The molecule has 0 bridgehead atoms. The molecular formula is C31H35FN8O3S. The molecule has 2 aromatic heterocycles. The SMILES string of the molecule is CCc1nc(NCC2CCC(CNS(=O)(=O)c3ccc(F)cc3)CC2)nc(Nc2ccc(C(=O)Nc3ccccc3)cn2)n1. The van der Waals surface area contributed by atoms with Gasteiger partial charge in [0.15, 0.2) is 0 Å². The van der Waals surface area contributed by atoms with Gasteiger partial charge in [0, 0.05) is 31.4 Å². The zero-order chi connectivity index (χ0) is 30.9. The van der Waals surface area contributed by atoms with Gasteiger partial charge in [0.1, 0.15) is 17.5 Å². The Balaban J connectivity index is 1.10. The topological polar surface area (TPSA) is 151 Å². The van der Waals surface area contributed by atoms with Crippen LogP contribution in [-0.2, 0) is 16.4 Å². The highest BCUT2D eigenvalue weighted by atomic mass is 32.2. The van der Waals surface area contributed by atoms with Crippen LogP contribution in [0.3, 0.4) is 0 Å². The van der Waals surface area contributed by atoms with E-state index in [0.717, 1.165) is 37.8 Å². The Morgan fingerprint density at radius 1 is 0.864 bits per heavy atom. The van der Waals surface area contributed by atoms with Gasteiger partial charge in [-0.05, 0) is 86.1 Å². The molecule has 1 aliphatic rings. The van der Waals surface area contributed by atoms with Gasteiger partial charge in [-0.15, -0.1) is 0 Å². The molecule has 0 saturated heterocycles. The molecule has 4 aromatic rings. The number of amides is 1. The lowest BCUT2D eigenvalue weighted by atomic mass is 9.82. The fourth-order valence-corrected chi connectivity index (χ4v) is 6.07. The number of aryl methyl sites for hydroxylation is 1. The van der Waals surface area contributed by atoms with Crippen LogP contribution in [0.2, 0.25) is 0 Å². The van der Waals surface area contributed by atoms with Gasteiger partial charge in [-0.3, -0.25) is 4.79 Å². The minimum atomic E-state index is -3.67. The van der Waals surface area contributed by atoms with Gasteiger partial charge in [0.05, 0.1) is 10.5 Å². The number of rotatable bonds is 12. The second-order valence-electron chi connectivity index (χ2n) is 10.7. The van der Waals surface area contributed by atoms with Crippen molar-refractivity contribution in [1.29, 1.82) is 0 Å². The number of carbonyl (C=O) groups excluding carboxylic acids is 1.